The number of anilines is 1. The van der Waals surface area contributed by atoms with E-state index in [4.69, 9.17) is 5.11 Å². The van der Waals surface area contributed by atoms with Crippen LogP contribution in [0.25, 0.3) is 0 Å². The second kappa shape index (κ2) is 6.49. The topological polar surface area (TPSA) is 89.9 Å². The SMILES string of the molecule is O=C(CN1CC[C@H](C(=O)O)[C@H](O)C1)Nc1ccccc1. The molecule has 3 N–H and O–H groups in total. The van der Waals surface area contributed by atoms with Crippen molar-refractivity contribution in [3.63, 3.8) is 0 Å². The first kappa shape index (κ1) is 14.5. The Morgan fingerprint density at radius 1 is 1.30 bits per heavy atom. The molecule has 1 amide bonds. The smallest absolute Gasteiger partial charge is 0.309 e. The van der Waals surface area contributed by atoms with Gasteiger partial charge in [-0.2, -0.15) is 0 Å². The molecule has 0 aromatic heterocycles. The zero-order chi connectivity index (χ0) is 14.5. The van der Waals surface area contributed by atoms with Gasteiger partial charge in [-0.1, -0.05) is 18.2 Å². The van der Waals surface area contributed by atoms with Crippen LogP contribution >= 0.6 is 0 Å². The van der Waals surface area contributed by atoms with Crippen LogP contribution in [-0.4, -0.2) is 52.7 Å². The lowest BCUT2D eigenvalue weighted by Crippen LogP contribution is -2.48. The van der Waals surface area contributed by atoms with Gasteiger partial charge in [0.1, 0.15) is 0 Å². The summed E-state index contributed by atoms with van der Waals surface area (Å²) in [5, 5.41) is 21.4. The van der Waals surface area contributed by atoms with Crippen molar-refractivity contribution in [2.75, 3.05) is 25.0 Å². The van der Waals surface area contributed by atoms with Crippen molar-refractivity contribution in [1.29, 1.82) is 0 Å². The van der Waals surface area contributed by atoms with Gasteiger partial charge in [0, 0.05) is 12.2 Å². The maximum absolute atomic E-state index is 11.9. The molecule has 1 aliphatic rings. The number of rotatable bonds is 4. The largest absolute Gasteiger partial charge is 0.481 e. The monoisotopic (exact) mass is 278 g/mol. The van der Waals surface area contributed by atoms with E-state index in [1.54, 1.807) is 17.0 Å². The van der Waals surface area contributed by atoms with Crippen LogP contribution in [0.5, 0.6) is 0 Å². The number of carboxylic acid groups (broad SMARTS) is 1. The minimum absolute atomic E-state index is 0.151. The highest BCUT2D eigenvalue weighted by molar-refractivity contribution is 5.92. The van der Waals surface area contributed by atoms with Crippen molar-refractivity contribution in [1.82, 2.24) is 4.90 Å². The number of carbonyl (C=O) groups is 2. The maximum atomic E-state index is 11.9. The van der Waals surface area contributed by atoms with E-state index in [9.17, 15) is 14.7 Å². The van der Waals surface area contributed by atoms with Crippen LogP contribution in [0, 0.1) is 5.92 Å². The first-order valence-corrected chi connectivity index (χ1v) is 6.54. The number of para-hydroxylation sites is 1. The number of amides is 1. The van der Waals surface area contributed by atoms with Crippen molar-refractivity contribution in [2.45, 2.75) is 12.5 Å². The van der Waals surface area contributed by atoms with Crippen LogP contribution in [-0.2, 0) is 9.59 Å². The first-order chi connectivity index (χ1) is 9.56. The fourth-order valence-electron chi connectivity index (χ4n) is 2.35. The number of aliphatic hydroxyl groups is 1. The van der Waals surface area contributed by atoms with Gasteiger partial charge < -0.3 is 15.5 Å². The Bertz CT molecular complexity index is 477. The summed E-state index contributed by atoms with van der Waals surface area (Å²) in [6.45, 7) is 0.855. The Kier molecular flexibility index (Phi) is 4.70. The third-order valence-electron chi connectivity index (χ3n) is 3.41. The molecule has 2 rings (SSSR count). The van der Waals surface area contributed by atoms with Gasteiger partial charge in [0.25, 0.3) is 0 Å². The zero-order valence-electron chi connectivity index (χ0n) is 11.0. The van der Waals surface area contributed by atoms with Gasteiger partial charge in [-0.15, -0.1) is 0 Å². The lowest BCUT2D eigenvalue weighted by molar-refractivity contribution is -0.148. The Balaban J connectivity index is 1.83. The molecule has 20 heavy (non-hydrogen) atoms. The number of aliphatic hydroxyl groups excluding tert-OH is 1. The van der Waals surface area contributed by atoms with E-state index in [-0.39, 0.29) is 19.0 Å². The summed E-state index contributed by atoms with van der Waals surface area (Å²) in [6.07, 6.45) is -0.569. The van der Waals surface area contributed by atoms with Crippen LogP contribution in [0.2, 0.25) is 0 Å². The quantitative estimate of drug-likeness (QED) is 0.741. The molecule has 2 atom stereocenters. The fourth-order valence-corrected chi connectivity index (χ4v) is 2.35. The first-order valence-electron chi connectivity index (χ1n) is 6.54. The number of hydrogen-bond donors (Lipinski definition) is 3. The highest BCUT2D eigenvalue weighted by Crippen LogP contribution is 2.18. The third-order valence-corrected chi connectivity index (χ3v) is 3.41. The summed E-state index contributed by atoms with van der Waals surface area (Å²) in [6, 6.07) is 9.12. The zero-order valence-corrected chi connectivity index (χ0v) is 11.0. The van der Waals surface area contributed by atoms with Crippen LogP contribution in [0.3, 0.4) is 0 Å². The second-order valence-corrected chi connectivity index (χ2v) is 4.95. The molecule has 1 fully saturated rings. The molecule has 0 bridgehead atoms. The number of carbonyl (C=O) groups excluding carboxylic acids is 1. The van der Waals surface area contributed by atoms with E-state index in [2.05, 4.69) is 5.32 Å². The third kappa shape index (κ3) is 3.79. The van der Waals surface area contributed by atoms with Gasteiger partial charge in [-0.25, -0.2) is 0 Å². The van der Waals surface area contributed by atoms with Crippen molar-refractivity contribution in [2.24, 2.45) is 5.92 Å². The Morgan fingerprint density at radius 2 is 2.00 bits per heavy atom. The number of likely N-dealkylation sites (tertiary alicyclic amines) is 1. The normalized spacial score (nSPS) is 23.2. The van der Waals surface area contributed by atoms with E-state index in [0.717, 1.165) is 5.69 Å². The Hall–Kier alpha value is -1.92. The van der Waals surface area contributed by atoms with Crippen LogP contribution in [0.4, 0.5) is 5.69 Å². The lowest BCUT2D eigenvalue weighted by Gasteiger charge is -2.33. The van der Waals surface area contributed by atoms with Crippen molar-refractivity contribution in [3.05, 3.63) is 30.3 Å². The summed E-state index contributed by atoms with van der Waals surface area (Å²) in [5.74, 6) is -1.88. The van der Waals surface area contributed by atoms with Crippen LogP contribution < -0.4 is 5.32 Å². The maximum Gasteiger partial charge on any atom is 0.309 e. The average Bonchev–Trinajstić information content (AvgIpc) is 2.39. The molecule has 0 saturated carbocycles. The number of piperidine rings is 1. The summed E-state index contributed by atoms with van der Waals surface area (Å²) < 4.78 is 0. The average molecular weight is 278 g/mol. The molecule has 1 heterocycles. The molecule has 1 aliphatic heterocycles. The molecule has 1 aromatic carbocycles. The highest BCUT2D eigenvalue weighted by atomic mass is 16.4. The van der Waals surface area contributed by atoms with Gasteiger partial charge in [-0.05, 0) is 25.1 Å². The minimum Gasteiger partial charge on any atom is -0.481 e. The predicted octanol–water partition coefficient (Wildman–Crippen LogP) is 0.392. The molecule has 0 aliphatic carbocycles. The van der Waals surface area contributed by atoms with Crippen LogP contribution in [0.1, 0.15) is 6.42 Å². The van der Waals surface area contributed by atoms with Gasteiger partial charge in [-0.3, -0.25) is 14.5 Å². The van der Waals surface area contributed by atoms with Gasteiger partial charge in [0.2, 0.25) is 5.91 Å². The molecule has 1 aromatic rings. The number of aliphatic carboxylic acids is 1. The number of nitrogens with zero attached hydrogens (tertiary/aromatic N) is 1. The summed E-state index contributed by atoms with van der Waals surface area (Å²) in [7, 11) is 0. The number of hydrogen-bond acceptors (Lipinski definition) is 4. The number of benzene rings is 1. The van der Waals surface area contributed by atoms with Gasteiger partial charge >= 0.3 is 5.97 Å². The summed E-state index contributed by atoms with van der Waals surface area (Å²) >= 11 is 0. The predicted molar refractivity (Wildman–Crippen MR) is 73.3 cm³/mol. The number of β-amino-alcohol motifs (C(OH)–C–C–N with tert-alkyl or cyclic N) is 1. The number of nitrogens with one attached hydrogen (secondary N) is 1. The molecule has 1 saturated heterocycles. The lowest BCUT2D eigenvalue weighted by atomic mass is 9.94. The standard InChI is InChI=1S/C14H18N2O4/c17-12-8-16(7-6-11(12)14(19)20)9-13(18)15-10-4-2-1-3-5-10/h1-5,11-12,17H,6-9H2,(H,15,18)(H,19,20)/t11-,12+/m0/s1. The van der Waals surface area contributed by atoms with E-state index >= 15 is 0 Å². The molecule has 6 nitrogen and oxygen atoms in total. The highest BCUT2D eigenvalue weighted by Gasteiger charge is 2.33. The molecule has 0 radical (unpaired) electrons. The van der Waals surface area contributed by atoms with Crippen molar-refractivity contribution in [3.8, 4) is 0 Å². The molecular formula is C14H18N2O4. The number of carboxylic acids is 1. The second-order valence-electron chi connectivity index (χ2n) is 4.95. The molecule has 0 unspecified atom stereocenters. The van der Waals surface area contributed by atoms with Crippen molar-refractivity contribution >= 4 is 17.6 Å². The molecule has 108 valence electrons. The molecular weight excluding hydrogens is 260 g/mol. The Morgan fingerprint density at radius 3 is 2.60 bits per heavy atom. The van der Waals surface area contributed by atoms with E-state index in [1.165, 1.54) is 0 Å². The summed E-state index contributed by atoms with van der Waals surface area (Å²) in [4.78, 5) is 24.5. The van der Waals surface area contributed by atoms with E-state index in [1.807, 2.05) is 18.2 Å². The molecule has 6 heteroatoms. The van der Waals surface area contributed by atoms with Crippen molar-refractivity contribution < 1.29 is 19.8 Å². The summed E-state index contributed by atoms with van der Waals surface area (Å²) in [5.41, 5.74) is 0.721. The van der Waals surface area contributed by atoms with Gasteiger partial charge in [0.15, 0.2) is 0 Å². The van der Waals surface area contributed by atoms with E-state index in [0.29, 0.717) is 13.0 Å². The molecule has 0 spiro atoms. The van der Waals surface area contributed by atoms with Gasteiger partial charge in [0.05, 0.1) is 18.6 Å². The van der Waals surface area contributed by atoms with E-state index < -0.39 is 18.0 Å². The fraction of sp³-hybridized carbons (Fsp3) is 0.429. The Labute approximate surface area is 117 Å². The minimum atomic E-state index is -0.981. The van der Waals surface area contributed by atoms with Crippen LogP contribution in [0.15, 0.2) is 30.3 Å².